The number of carbonyl (C=O) groups is 2. The summed E-state index contributed by atoms with van der Waals surface area (Å²) >= 11 is 5.77. The number of ketones is 1. The van der Waals surface area contributed by atoms with Gasteiger partial charge in [0.05, 0.1) is 7.11 Å². The molecule has 102 valence electrons. The predicted octanol–water partition coefficient (Wildman–Crippen LogP) is 2.89. The van der Waals surface area contributed by atoms with E-state index in [2.05, 4.69) is 4.74 Å². The van der Waals surface area contributed by atoms with Gasteiger partial charge in [0.25, 0.3) is 6.43 Å². The number of aryl methyl sites for hydroxylation is 1. The van der Waals surface area contributed by atoms with Gasteiger partial charge >= 0.3 is 5.97 Å². The van der Waals surface area contributed by atoms with Gasteiger partial charge in [-0.05, 0) is 30.5 Å². The quantitative estimate of drug-likeness (QED) is 0.621. The van der Waals surface area contributed by atoms with E-state index in [0.717, 1.165) is 7.11 Å². The molecule has 1 atom stereocenters. The highest BCUT2D eigenvalue weighted by Gasteiger charge is 2.57. The Hall–Kier alpha value is -1.49. The smallest absolute Gasteiger partial charge is 0.325 e. The largest absolute Gasteiger partial charge is 0.468 e. The molecular formula is C13H11ClF2O3. The number of alkyl halides is 2. The van der Waals surface area contributed by atoms with Crippen LogP contribution in [0.2, 0.25) is 5.02 Å². The van der Waals surface area contributed by atoms with Crippen molar-refractivity contribution in [2.75, 3.05) is 7.11 Å². The molecule has 0 heterocycles. The fourth-order valence-electron chi connectivity index (χ4n) is 2.34. The molecule has 1 unspecified atom stereocenters. The summed E-state index contributed by atoms with van der Waals surface area (Å²) in [6.45, 7) is 0. The zero-order valence-corrected chi connectivity index (χ0v) is 10.8. The molecule has 0 aromatic heterocycles. The van der Waals surface area contributed by atoms with Gasteiger partial charge in [0.1, 0.15) is 0 Å². The van der Waals surface area contributed by atoms with Crippen LogP contribution in [0.25, 0.3) is 0 Å². The van der Waals surface area contributed by atoms with Gasteiger partial charge in [-0.15, -0.1) is 0 Å². The van der Waals surface area contributed by atoms with E-state index in [0.29, 0.717) is 5.56 Å². The Bertz CT molecular complexity index is 545. The molecule has 1 aliphatic carbocycles. The van der Waals surface area contributed by atoms with E-state index in [1.807, 2.05) is 0 Å². The van der Waals surface area contributed by atoms with Crippen molar-refractivity contribution in [3.05, 3.63) is 34.3 Å². The lowest BCUT2D eigenvalue weighted by molar-refractivity contribution is -0.158. The number of methoxy groups -OCH3 is 1. The Labute approximate surface area is 113 Å². The number of hydrogen-bond donors (Lipinski definition) is 0. The SMILES string of the molecule is COC(=O)C1(C(F)F)CCc2ccc(Cl)cc2C1=O. The van der Waals surface area contributed by atoms with Crippen molar-refractivity contribution in [1.82, 2.24) is 0 Å². The Morgan fingerprint density at radius 1 is 1.47 bits per heavy atom. The topological polar surface area (TPSA) is 43.4 Å². The lowest BCUT2D eigenvalue weighted by Crippen LogP contribution is -2.49. The summed E-state index contributed by atoms with van der Waals surface area (Å²) < 4.78 is 31.0. The average Bonchev–Trinajstić information content (AvgIpc) is 2.39. The maximum Gasteiger partial charge on any atom is 0.325 e. The maximum absolute atomic E-state index is 13.3. The van der Waals surface area contributed by atoms with Gasteiger partial charge in [0.15, 0.2) is 11.2 Å². The molecule has 0 amide bonds. The summed E-state index contributed by atoms with van der Waals surface area (Å²) in [5, 5.41) is 0.266. The second-order valence-corrected chi connectivity index (χ2v) is 4.83. The number of fused-ring (bicyclic) bond motifs is 1. The van der Waals surface area contributed by atoms with Gasteiger partial charge in [-0.2, -0.15) is 0 Å². The molecule has 0 radical (unpaired) electrons. The van der Waals surface area contributed by atoms with E-state index in [-0.39, 0.29) is 23.4 Å². The molecule has 0 fully saturated rings. The minimum absolute atomic E-state index is 0.0736. The van der Waals surface area contributed by atoms with Crippen LogP contribution in [0.1, 0.15) is 22.3 Å². The maximum atomic E-state index is 13.3. The average molecular weight is 289 g/mol. The second kappa shape index (κ2) is 4.89. The fraction of sp³-hybridized carbons (Fsp3) is 0.385. The van der Waals surface area contributed by atoms with Crippen molar-refractivity contribution in [3.63, 3.8) is 0 Å². The lowest BCUT2D eigenvalue weighted by atomic mass is 9.70. The van der Waals surface area contributed by atoms with Crippen LogP contribution in [0.15, 0.2) is 18.2 Å². The van der Waals surface area contributed by atoms with Crippen LogP contribution in [0, 0.1) is 5.41 Å². The molecule has 19 heavy (non-hydrogen) atoms. The van der Waals surface area contributed by atoms with Crippen LogP contribution in [0.5, 0.6) is 0 Å². The summed E-state index contributed by atoms with van der Waals surface area (Å²) in [4.78, 5) is 24.0. The summed E-state index contributed by atoms with van der Waals surface area (Å²) in [5.74, 6) is -2.11. The molecule has 2 rings (SSSR count). The number of ether oxygens (including phenoxy) is 1. The first kappa shape index (κ1) is 13.9. The van der Waals surface area contributed by atoms with E-state index in [1.165, 1.54) is 6.07 Å². The Morgan fingerprint density at radius 2 is 2.16 bits per heavy atom. The fourth-order valence-corrected chi connectivity index (χ4v) is 2.51. The number of hydrogen-bond acceptors (Lipinski definition) is 3. The highest BCUT2D eigenvalue weighted by Crippen LogP contribution is 2.42. The summed E-state index contributed by atoms with van der Waals surface area (Å²) in [5.41, 5.74) is -1.72. The number of esters is 1. The zero-order valence-electron chi connectivity index (χ0n) is 10.1. The van der Waals surface area contributed by atoms with Gasteiger partial charge < -0.3 is 4.74 Å². The molecule has 0 bridgehead atoms. The van der Waals surface area contributed by atoms with Crippen LogP contribution in [-0.4, -0.2) is 25.3 Å². The van der Waals surface area contributed by atoms with Gasteiger partial charge in [-0.3, -0.25) is 9.59 Å². The Morgan fingerprint density at radius 3 is 2.74 bits per heavy atom. The number of carbonyl (C=O) groups excluding carboxylic acids is 2. The standard InChI is InChI=1S/C13H11ClF2O3/c1-19-12(18)13(11(15)16)5-4-7-2-3-8(14)6-9(7)10(13)17/h2-3,6,11H,4-5H2,1H3. The van der Waals surface area contributed by atoms with E-state index in [4.69, 9.17) is 11.6 Å². The van der Waals surface area contributed by atoms with Crippen molar-refractivity contribution in [3.8, 4) is 0 Å². The van der Waals surface area contributed by atoms with E-state index in [9.17, 15) is 18.4 Å². The molecule has 0 saturated carbocycles. The molecular weight excluding hydrogens is 278 g/mol. The van der Waals surface area contributed by atoms with Gasteiger partial charge in [-0.1, -0.05) is 17.7 Å². The van der Waals surface area contributed by atoms with Crippen molar-refractivity contribution < 1.29 is 23.1 Å². The van der Waals surface area contributed by atoms with Crippen molar-refractivity contribution >= 4 is 23.4 Å². The number of rotatable bonds is 2. The third-order valence-electron chi connectivity index (χ3n) is 3.43. The molecule has 0 spiro atoms. The molecule has 3 nitrogen and oxygen atoms in total. The van der Waals surface area contributed by atoms with Crippen molar-refractivity contribution in [1.29, 1.82) is 0 Å². The van der Waals surface area contributed by atoms with Crippen LogP contribution >= 0.6 is 11.6 Å². The van der Waals surface area contributed by atoms with Crippen LogP contribution in [0.3, 0.4) is 0 Å². The normalized spacial score (nSPS) is 22.3. The molecule has 1 aliphatic rings. The number of halogens is 3. The van der Waals surface area contributed by atoms with Gasteiger partial charge in [0.2, 0.25) is 0 Å². The molecule has 1 aromatic rings. The minimum atomic E-state index is -3.11. The van der Waals surface area contributed by atoms with Gasteiger partial charge in [0, 0.05) is 10.6 Å². The van der Waals surface area contributed by atoms with Crippen LogP contribution in [0.4, 0.5) is 8.78 Å². The highest BCUT2D eigenvalue weighted by molar-refractivity contribution is 6.31. The highest BCUT2D eigenvalue weighted by atomic mass is 35.5. The molecule has 0 aliphatic heterocycles. The summed E-state index contributed by atoms with van der Waals surface area (Å²) in [6, 6.07) is 4.52. The summed E-state index contributed by atoms with van der Waals surface area (Å²) in [6.07, 6.45) is -3.16. The molecule has 1 aromatic carbocycles. The van der Waals surface area contributed by atoms with Crippen LogP contribution < -0.4 is 0 Å². The zero-order chi connectivity index (χ0) is 14.2. The van der Waals surface area contributed by atoms with E-state index >= 15 is 0 Å². The van der Waals surface area contributed by atoms with Crippen LogP contribution in [-0.2, 0) is 16.0 Å². The summed E-state index contributed by atoms with van der Waals surface area (Å²) in [7, 11) is 0.993. The first-order valence-electron chi connectivity index (χ1n) is 5.63. The number of benzene rings is 1. The van der Waals surface area contributed by atoms with E-state index < -0.39 is 23.6 Å². The third-order valence-corrected chi connectivity index (χ3v) is 3.67. The second-order valence-electron chi connectivity index (χ2n) is 4.39. The molecule has 0 N–H and O–H groups in total. The first-order chi connectivity index (χ1) is 8.93. The first-order valence-corrected chi connectivity index (χ1v) is 6.01. The van der Waals surface area contributed by atoms with E-state index in [1.54, 1.807) is 12.1 Å². The Balaban J connectivity index is 2.57. The predicted molar refractivity (Wildman–Crippen MR) is 64.6 cm³/mol. The van der Waals surface area contributed by atoms with Gasteiger partial charge in [-0.25, -0.2) is 8.78 Å². The molecule has 0 saturated heterocycles. The molecule has 6 heteroatoms. The van der Waals surface area contributed by atoms with Crippen molar-refractivity contribution in [2.24, 2.45) is 5.41 Å². The number of Topliss-reactive ketones (excluding diaryl/α,β-unsaturated/α-hetero) is 1. The third kappa shape index (κ3) is 2.02. The van der Waals surface area contributed by atoms with Crippen molar-refractivity contribution in [2.45, 2.75) is 19.3 Å². The minimum Gasteiger partial charge on any atom is -0.468 e. The lowest BCUT2D eigenvalue weighted by Gasteiger charge is -2.33. The monoisotopic (exact) mass is 288 g/mol. The Kier molecular flexibility index (Phi) is 3.58.